The summed E-state index contributed by atoms with van der Waals surface area (Å²) in [5.41, 5.74) is 2.48. The summed E-state index contributed by atoms with van der Waals surface area (Å²) in [6.45, 7) is 5.47. The first-order valence-electron chi connectivity index (χ1n) is 8.01. The third kappa shape index (κ3) is 3.82. The number of rotatable bonds is 3. The molecule has 7 heteroatoms. The largest absolute Gasteiger partial charge is 0.341 e. The van der Waals surface area contributed by atoms with Gasteiger partial charge in [-0.1, -0.05) is 11.6 Å². The van der Waals surface area contributed by atoms with Gasteiger partial charge in [0.05, 0.1) is 5.69 Å². The lowest BCUT2D eigenvalue weighted by molar-refractivity contribution is -0.120. The number of hydrogen-bond acceptors (Lipinski definition) is 5. The third-order valence-corrected chi connectivity index (χ3v) is 4.44. The first-order chi connectivity index (χ1) is 11.5. The molecule has 0 radical (unpaired) electrons. The molecule has 0 unspecified atom stereocenters. The van der Waals surface area contributed by atoms with Crippen LogP contribution in [0.15, 0.2) is 24.4 Å². The van der Waals surface area contributed by atoms with Crippen molar-refractivity contribution in [2.75, 3.05) is 23.3 Å². The van der Waals surface area contributed by atoms with Crippen molar-refractivity contribution in [1.29, 1.82) is 0 Å². The topological polar surface area (TPSA) is 71.0 Å². The lowest BCUT2D eigenvalue weighted by atomic mass is 9.96. The summed E-state index contributed by atoms with van der Waals surface area (Å²) in [6, 6.07) is 5.47. The van der Waals surface area contributed by atoms with Crippen LogP contribution in [-0.2, 0) is 4.79 Å². The highest BCUT2D eigenvalue weighted by molar-refractivity contribution is 6.32. The monoisotopic (exact) mass is 345 g/mol. The molecule has 3 heterocycles. The molecule has 2 aromatic rings. The van der Waals surface area contributed by atoms with Crippen molar-refractivity contribution in [2.45, 2.75) is 26.7 Å². The number of nitrogens with zero attached hydrogens (tertiary/aromatic N) is 4. The van der Waals surface area contributed by atoms with E-state index in [1.54, 1.807) is 18.3 Å². The van der Waals surface area contributed by atoms with Crippen LogP contribution in [0.25, 0.3) is 0 Å². The van der Waals surface area contributed by atoms with Gasteiger partial charge in [-0.05, 0) is 44.9 Å². The van der Waals surface area contributed by atoms with Crippen molar-refractivity contribution >= 4 is 29.1 Å². The summed E-state index contributed by atoms with van der Waals surface area (Å²) < 4.78 is 0. The molecule has 0 aliphatic carbocycles. The van der Waals surface area contributed by atoms with Crippen molar-refractivity contribution in [3.63, 3.8) is 0 Å². The van der Waals surface area contributed by atoms with Crippen LogP contribution in [0.3, 0.4) is 0 Å². The zero-order valence-corrected chi connectivity index (χ0v) is 14.5. The number of piperidine rings is 1. The molecule has 2 aromatic heterocycles. The molecule has 126 valence electrons. The molecule has 1 saturated heterocycles. The Kier molecular flexibility index (Phi) is 4.94. The number of carbonyl (C=O) groups is 1. The highest BCUT2D eigenvalue weighted by Crippen LogP contribution is 2.24. The minimum atomic E-state index is -0.0385. The Bertz CT molecular complexity index is 723. The predicted molar refractivity (Wildman–Crippen MR) is 94.3 cm³/mol. The Balaban J connectivity index is 1.60. The summed E-state index contributed by atoms with van der Waals surface area (Å²) in [7, 11) is 0. The van der Waals surface area contributed by atoms with E-state index in [9.17, 15) is 4.79 Å². The molecular weight excluding hydrogens is 326 g/mol. The van der Waals surface area contributed by atoms with Crippen LogP contribution in [0.2, 0.25) is 5.15 Å². The van der Waals surface area contributed by atoms with Gasteiger partial charge in [0.25, 0.3) is 0 Å². The number of anilines is 2. The number of halogens is 1. The number of pyridine rings is 1. The normalized spacial score (nSPS) is 15.4. The molecule has 0 aromatic carbocycles. The summed E-state index contributed by atoms with van der Waals surface area (Å²) in [4.78, 5) is 27.5. The number of carbonyl (C=O) groups excluding carboxylic acids is 1. The second-order valence-corrected chi connectivity index (χ2v) is 6.40. The number of aryl methyl sites for hydroxylation is 2. The Labute approximate surface area is 146 Å². The van der Waals surface area contributed by atoms with Crippen LogP contribution in [-0.4, -0.2) is 33.9 Å². The van der Waals surface area contributed by atoms with Crippen LogP contribution in [0.4, 0.5) is 11.6 Å². The maximum absolute atomic E-state index is 12.4. The van der Waals surface area contributed by atoms with Crippen LogP contribution in [0, 0.1) is 19.8 Å². The zero-order valence-electron chi connectivity index (χ0n) is 13.8. The minimum Gasteiger partial charge on any atom is -0.341 e. The van der Waals surface area contributed by atoms with Crippen molar-refractivity contribution in [2.24, 2.45) is 5.92 Å². The fourth-order valence-corrected chi connectivity index (χ4v) is 3.07. The summed E-state index contributed by atoms with van der Waals surface area (Å²) in [5, 5.41) is 3.18. The van der Waals surface area contributed by atoms with Crippen LogP contribution in [0.1, 0.15) is 24.2 Å². The summed E-state index contributed by atoms with van der Waals surface area (Å²) in [6.07, 6.45) is 3.13. The van der Waals surface area contributed by atoms with Gasteiger partial charge < -0.3 is 10.2 Å². The maximum Gasteiger partial charge on any atom is 0.227 e. The van der Waals surface area contributed by atoms with Crippen LogP contribution >= 0.6 is 11.6 Å². The van der Waals surface area contributed by atoms with Gasteiger partial charge in [0, 0.05) is 36.6 Å². The molecule has 0 atom stereocenters. The fraction of sp³-hybridized carbons (Fsp3) is 0.412. The van der Waals surface area contributed by atoms with Gasteiger partial charge in [0.1, 0.15) is 0 Å². The Morgan fingerprint density at radius 2 is 1.92 bits per heavy atom. The first kappa shape index (κ1) is 16.6. The molecule has 1 aliphatic rings. The maximum atomic E-state index is 12.4. The van der Waals surface area contributed by atoms with E-state index in [-0.39, 0.29) is 11.8 Å². The smallest absolute Gasteiger partial charge is 0.227 e. The van der Waals surface area contributed by atoms with E-state index < -0.39 is 0 Å². The van der Waals surface area contributed by atoms with E-state index in [1.807, 2.05) is 19.9 Å². The van der Waals surface area contributed by atoms with Gasteiger partial charge >= 0.3 is 0 Å². The quantitative estimate of drug-likeness (QED) is 0.866. The van der Waals surface area contributed by atoms with E-state index in [4.69, 9.17) is 11.6 Å². The SMILES string of the molecule is Cc1cc(C)nc(N2CCC(C(=O)Nc3cccnc3Cl)CC2)n1. The van der Waals surface area contributed by atoms with E-state index in [0.717, 1.165) is 43.3 Å². The fourth-order valence-electron chi connectivity index (χ4n) is 2.90. The highest BCUT2D eigenvalue weighted by Gasteiger charge is 2.26. The van der Waals surface area contributed by atoms with Gasteiger partial charge in [0.15, 0.2) is 5.15 Å². The molecule has 6 nitrogen and oxygen atoms in total. The molecule has 0 saturated carbocycles. The molecule has 3 rings (SSSR count). The lowest BCUT2D eigenvalue weighted by Gasteiger charge is -2.31. The molecule has 1 aliphatic heterocycles. The van der Waals surface area contributed by atoms with E-state index in [2.05, 4.69) is 25.2 Å². The predicted octanol–water partition coefficient (Wildman–Crippen LogP) is 3.00. The van der Waals surface area contributed by atoms with Crippen LogP contribution in [0.5, 0.6) is 0 Å². The number of aromatic nitrogens is 3. The molecule has 1 fully saturated rings. The van der Waals surface area contributed by atoms with Crippen LogP contribution < -0.4 is 10.2 Å². The number of nitrogens with one attached hydrogen (secondary N) is 1. The van der Waals surface area contributed by atoms with E-state index >= 15 is 0 Å². The van der Waals surface area contributed by atoms with Crippen molar-refractivity contribution in [1.82, 2.24) is 15.0 Å². The summed E-state index contributed by atoms with van der Waals surface area (Å²) >= 11 is 5.99. The van der Waals surface area contributed by atoms with Crippen molar-refractivity contribution in [3.05, 3.63) is 40.9 Å². The van der Waals surface area contributed by atoms with Gasteiger partial charge in [0.2, 0.25) is 11.9 Å². The van der Waals surface area contributed by atoms with Gasteiger partial charge in [-0.25, -0.2) is 15.0 Å². The Hall–Kier alpha value is -2.21. The standard InChI is InChI=1S/C17H20ClN5O/c1-11-10-12(2)21-17(20-11)23-8-5-13(6-9-23)16(24)22-14-4-3-7-19-15(14)18/h3-4,7,10,13H,5-6,8-9H2,1-2H3,(H,22,24). The number of hydrogen-bond donors (Lipinski definition) is 1. The average molecular weight is 346 g/mol. The van der Waals surface area contributed by atoms with Crippen molar-refractivity contribution < 1.29 is 4.79 Å². The molecule has 0 spiro atoms. The third-order valence-electron chi connectivity index (χ3n) is 4.14. The minimum absolute atomic E-state index is 0.00843. The molecule has 1 amide bonds. The molecular formula is C17H20ClN5O. The van der Waals surface area contributed by atoms with E-state index in [1.165, 1.54) is 0 Å². The number of amides is 1. The zero-order chi connectivity index (χ0) is 17.1. The Morgan fingerprint density at radius 1 is 1.25 bits per heavy atom. The molecule has 24 heavy (non-hydrogen) atoms. The van der Waals surface area contributed by atoms with Gasteiger partial charge in [-0.15, -0.1) is 0 Å². The van der Waals surface area contributed by atoms with E-state index in [0.29, 0.717) is 10.8 Å². The second-order valence-electron chi connectivity index (χ2n) is 6.04. The molecule has 1 N–H and O–H groups in total. The molecule has 0 bridgehead atoms. The Morgan fingerprint density at radius 3 is 2.54 bits per heavy atom. The second kappa shape index (κ2) is 7.13. The van der Waals surface area contributed by atoms with Crippen molar-refractivity contribution in [3.8, 4) is 0 Å². The van der Waals surface area contributed by atoms with Gasteiger partial charge in [-0.2, -0.15) is 0 Å². The first-order valence-corrected chi connectivity index (χ1v) is 8.39. The summed E-state index contributed by atoms with van der Waals surface area (Å²) in [5.74, 6) is 0.705. The lowest BCUT2D eigenvalue weighted by Crippen LogP contribution is -2.39. The average Bonchev–Trinajstić information content (AvgIpc) is 2.56. The highest BCUT2D eigenvalue weighted by atomic mass is 35.5. The van der Waals surface area contributed by atoms with Gasteiger partial charge in [-0.3, -0.25) is 4.79 Å².